The normalized spacial score (nSPS) is 15.2. The molecular weight excluding hydrogens is 274 g/mol. The van der Waals surface area contributed by atoms with Crippen LogP contribution in [0.15, 0.2) is 35.2 Å². The minimum atomic E-state index is -0.982. The highest BCUT2D eigenvalue weighted by atomic mass is 32.2. The number of rotatable bonds is 7. The predicted molar refractivity (Wildman–Crippen MR) is 80.8 cm³/mol. The van der Waals surface area contributed by atoms with E-state index in [0.717, 1.165) is 4.90 Å². The van der Waals surface area contributed by atoms with Gasteiger partial charge < -0.3 is 10.4 Å². The molecule has 20 heavy (non-hydrogen) atoms. The van der Waals surface area contributed by atoms with Gasteiger partial charge in [0.25, 0.3) is 0 Å². The minimum absolute atomic E-state index is 0.0922. The van der Waals surface area contributed by atoms with E-state index in [1.54, 1.807) is 6.92 Å². The lowest BCUT2D eigenvalue weighted by Gasteiger charge is -2.22. The SMILES string of the molecule is CCC(C)C(NC(=O)C(C)Sc1ccccc1)C(=O)O. The number of hydrogen-bond donors (Lipinski definition) is 2. The molecular formula is C15H21NO3S. The maximum Gasteiger partial charge on any atom is 0.326 e. The van der Waals surface area contributed by atoms with Crippen molar-refractivity contribution in [3.8, 4) is 0 Å². The van der Waals surface area contributed by atoms with E-state index in [4.69, 9.17) is 0 Å². The number of benzene rings is 1. The summed E-state index contributed by atoms with van der Waals surface area (Å²) >= 11 is 1.42. The Balaban J connectivity index is 2.62. The average molecular weight is 295 g/mol. The van der Waals surface area contributed by atoms with Crippen LogP contribution in [0.3, 0.4) is 0 Å². The molecule has 4 nitrogen and oxygen atoms in total. The standard InChI is InChI=1S/C15H21NO3S/c1-4-10(2)13(15(18)19)16-14(17)11(3)20-12-8-6-5-7-9-12/h5-11,13H,4H2,1-3H3,(H,16,17)(H,18,19). The summed E-state index contributed by atoms with van der Waals surface area (Å²) in [4.78, 5) is 24.3. The quantitative estimate of drug-likeness (QED) is 0.759. The van der Waals surface area contributed by atoms with E-state index >= 15 is 0 Å². The molecule has 0 radical (unpaired) electrons. The van der Waals surface area contributed by atoms with Crippen LogP contribution in [0, 0.1) is 5.92 Å². The van der Waals surface area contributed by atoms with E-state index in [1.165, 1.54) is 11.8 Å². The molecule has 0 aliphatic heterocycles. The monoisotopic (exact) mass is 295 g/mol. The lowest BCUT2D eigenvalue weighted by atomic mass is 9.99. The summed E-state index contributed by atoms with van der Waals surface area (Å²) < 4.78 is 0. The number of carboxylic acid groups (broad SMARTS) is 1. The highest BCUT2D eigenvalue weighted by Gasteiger charge is 2.27. The van der Waals surface area contributed by atoms with Gasteiger partial charge in [0.2, 0.25) is 5.91 Å². The van der Waals surface area contributed by atoms with Crippen molar-refractivity contribution in [3.63, 3.8) is 0 Å². The first-order chi connectivity index (χ1) is 9.45. The zero-order chi connectivity index (χ0) is 15.1. The highest BCUT2D eigenvalue weighted by Crippen LogP contribution is 2.23. The Morgan fingerprint density at radius 2 is 1.85 bits per heavy atom. The fraction of sp³-hybridized carbons (Fsp3) is 0.467. The first-order valence-electron chi connectivity index (χ1n) is 6.70. The Morgan fingerprint density at radius 1 is 1.25 bits per heavy atom. The van der Waals surface area contributed by atoms with Crippen molar-refractivity contribution in [2.45, 2.75) is 43.4 Å². The Bertz CT molecular complexity index is 450. The highest BCUT2D eigenvalue weighted by molar-refractivity contribution is 8.00. The van der Waals surface area contributed by atoms with Crippen LogP contribution in [0.5, 0.6) is 0 Å². The van der Waals surface area contributed by atoms with Crippen molar-refractivity contribution in [1.29, 1.82) is 0 Å². The average Bonchev–Trinajstić information content (AvgIpc) is 2.44. The van der Waals surface area contributed by atoms with Crippen molar-refractivity contribution in [2.75, 3.05) is 0 Å². The van der Waals surface area contributed by atoms with Gasteiger partial charge in [-0.3, -0.25) is 4.79 Å². The molecule has 1 amide bonds. The van der Waals surface area contributed by atoms with Crippen LogP contribution >= 0.6 is 11.8 Å². The molecule has 0 aromatic heterocycles. The van der Waals surface area contributed by atoms with E-state index in [2.05, 4.69) is 5.32 Å². The molecule has 3 unspecified atom stereocenters. The molecule has 0 fully saturated rings. The predicted octanol–water partition coefficient (Wildman–Crippen LogP) is 2.78. The third-order valence-electron chi connectivity index (χ3n) is 3.20. The first-order valence-corrected chi connectivity index (χ1v) is 7.58. The minimum Gasteiger partial charge on any atom is -0.480 e. The van der Waals surface area contributed by atoms with E-state index < -0.39 is 12.0 Å². The molecule has 2 N–H and O–H groups in total. The van der Waals surface area contributed by atoms with Gasteiger partial charge in [0, 0.05) is 4.90 Å². The van der Waals surface area contributed by atoms with E-state index in [0.29, 0.717) is 6.42 Å². The van der Waals surface area contributed by atoms with Crippen LogP contribution < -0.4 is 5.32 Å². The summed E-state index contributed by atoms with van der Waals surface area (Å²) in [6, 6.07) is 8.76. The number of carboxylic acids is 1. The molecule has 0 saturated heterocycles. The summed E-state index contributed by atoms with van der Waals surface area (Å²) in [5, 5.41) is 11.5. The second-order valence-electron chi connectivity index (χ2n) is 4.78. The topological polar surface area (TPSA) is 66.4 Å². The van der Waals surface area contributed by atoms with Crippen LogP contribution in [-0.4, -0.2) is 28.3 Å². The van der Waals surface area contributed by atoms with Gasteiger partial charge in [-0.2, -0.15) is 0 Å². The van der Waals surface area contributed by atoms with Crippen LogP contribution in [0.4, 0.5) is 0 Å². The third-order valence-corrected chi connectivity index (χ3v) is 4.31. The lowest BCUT2D eigenvalue weighted by molar-refractivity contribution is -0.143. The maximum atomic E-state index is 12.1. The van der Waals surface area contributed by atoms with Crippen LogP contribution in [0.1, 0.15) is 27.2 Å². The van der Waals surface area contributed by atoms with Crippen LogP contribution in [-0.2, 0) is 9.59 Å². The van der Waals surface area contributed by atoms with Gasteiger partial charge in [0.15, 0.2) is 0 Å². The second-order valence-corrected chi connectivity index (χ2v) is 6.20. The van der Waals surface area contributed by atoms with Gasteiger partial charge in [0.1, 0.15) is 6.04 Å². The zero-order valence-electron chi connectivity index (χ0n) is 12.0. The number of carbonyl (C=O) groups excluding carboxylic acids is 1. The molecule has 1 aromatic carbocycles. The van der Waals surface area contributed by atoms with E-state index in [9.17, 15) is 14.7 Å². The van der Waals surface area contributed by atoms with Gasteiger partial charge in [-0.25, -0.2) is 4.79 Å². The maximum absolute atomic E-state index is 12.1. The van der Waals surface area contributed by atoms with Crippen molar-refractivity contribution in [3.05, 3.63) is 30.3 Å². The Hall–Kier alpha value is -1.49. The second kappa shape index (κ2) is 7.94. The van der Waals surface area contributed by atoms with Crippen molar-refractivity contribution in [2.24, 2.45) is 5.92 Å². The molecule has 0 aliphatic rings. The van der Waals surface area contributed by atoms with E-state index in [-0.39, 0.29) is 17.1 Å². The molecule has 5 heteroatoms. The van der Waals surface area contributed by atoms with Gasteiger partial charge in [-0.1, -0.05) is 38.5 Å². The lowest BCUT2D eigenvalue weighted by Crippen LogP contribution is -2.47. The summed E-state index contributed by atoms with van der Waals surface area (Å²) in [6.45, 7) is 5.52. The molecule has 0 saturated carbocycles. The molecule has 0 spiro atoms. The van der Waals surface area contributed by atoms with E-state index in [1.807, 2.05) is 44.2 Å². The van der Waals surface area contributed by atoms with Crippen molar-refractivity contribution < 1.29 is 14.7 Å². The largest absolute Gasteiger partial charge is 0.480 e. The number of thioether (sulfide) groups is 1. The Labute approximate surface area is 124 Å². The molecule has 3 atom stereocenters. The fourth-order valence-corrected chi connectivity index (χ4v) is 2.61. The summed E-state index contributed by atoms with van der Waals surface area (Å²) in [5.74, 6) is -1.32. The Kier molecular flexibility index (Phi) is 6.58. The summed E-state index contributed by atoms with van der Waals surface area (Å²) in [6.07, 6.45) is 0.706. The van der Waals surface area contributed by atoms with Crippen LogP contribution in [0.25, 0.3) is 0 Å². The van der Waals surface area contributed by atoms with Gasteiger partial charge in [-0.05, 0) is 25.0 Å². The van der Waals surface area contributed by atoms with Crippen molar-refractivity contribution in [1.82, 2.24) is 5.32 Å². The fourth-order valence-electron chi connectivity index (χ4n) is 1.71. The molecule has 0 bridgehead atoms. The first kappa shape index (κ1) is 16.6. The third kappa shape index (κ3) is 4.89. The number of aliphatic carboxylic acids is 1. The summed E-state index contributed by atoms with van der Waals surface area (Å²) in [7, 11) is 0. The molecule has 110 valence electrons. The number of hydrogen-bond acceptors (Lipinski definition) is 3. The summed E-state index contributed by atoms with van der Waals surface area (Å²) in [5.41, 5.74) is 0. The van der Waals surface area contributed by atoms with Crippen LogP contribution in [0.2, 0.25) is 0 Å². The molecule has 0 aliphatic carbocycles. The molecule has 0 heterocycles. The smallest absolute Gasteiger partial charge is 0.326 e. The van der Waals surface area contributed by atoms with Gasteiger partial charge in [-0.15, -0.1) is 11.8 Å². The van der Waals surface area contributed by atoms with Gasteiger partial charge in [0.05, 0.1) is 5.25 Å². The number of amides is 1. The van der Waals surface area contributed by atoms with Gasteiger partial charge >= 0.3 is 5.97 Å². The molecule has 1 aromatic rings. The number of nitrogens with one attached hydrogen (secondary N) is 1. The number of carbonyl (C=O) groups is 2. The van der Waals surface area contributed by atoms with Crippen molar-refractivity contribution >= 4 is 23.6 Å². The Morgan fingerprint density at radius 3 is 2.35 bits per heavy atom. The zero-order valence-corrected chi connectivity index (χ0v) is 12.8. The molecule has 1 rings (SSSR count).